The van der Waals surface area contributed by atoms with Gasteiger partial charge in [0.2, 0.25) is 5.91 Å². The van der Waals surface area contributed by atoms with Crippen LogP contribution in [0.25, 0.3) is 22.1 Å². The molecule has 7 nitrogen and oxygen atoms in total. The summed E-state index contributed by atoms with van der Waals surface area (Å²) in [5, 5.41) is 8.26. The van der Waals surface area contributed by atoms with E-state index in [1.165, 1.54) is 0 Å². The lowest BCUT2D eigenvalue weighted by Crippen LogP contribution is -2.34. The van der Waals surface area contributed by atoms with Crippen molar-refractivity contribution in [3.63, 3.8) is 0 Å². The van der Waals surface area contributed by atoms with Crippen LogP contribution in [0.5, 0.6) is 0 Å². The maximum absolute atomic E-state index is 13.0. The van der Waals surface area contributed by atoms with Crippen molar-refractivity contribution in [2.24, 2.45) is 0 Å². The van der Waals surface area contributed by atoms with E-state index in [1.54, 1.807) is 4.68 Å². The molecule has 0 bridgehead atoms. The van der Waals surface area contributed by atoms with Crippen molar-refractivity contribution in [2.75, 3.05) is 6.54 Å². The Morgan fingerprint density at radius 1 is 1.12 bits per heavy atom. The van der Waals surface area contributed by atoms with Crippen molar-refractivity contribution in [3.8, 4) is 0 Å². The zero-order valence-corrected chi connectivity index (χ0v) is 14.2. The molecule has 0 radical (unpaired) electrons. The van der Waals surface area contributed by atoms with Crippen molar-refractivity contribution in [1.29, 1.82) is 0 Å². The van der Waals surface area contributed by atoms with Gasteiger partial charge in [-0.15, -0.1) is 5.10 Å². The summed E-state index contributed by atoms with van der Waals surface area (Å²) >= 11 is 0. The largest absolute Gasteiger partial charge is 0.340 e. The molecule has 1 atom stereocenters. The maximum Gasteiger partial charge on any atom is 0.245 e. The lowest BCUT2D eigenvalue weighted by molar-refractivity contribution is -0.133. The number of likely N-dealkylation sites (tertiary alicyclic amines) is 1. The Bertz CT molecular complexity index is 1060. The number of aromatic nitrogens is 5. The van der Waals surface area contributed by atoms with Crippen LogP contribution in [0.4, 0.5) is 0 Å². The van der Waals surface area contributed by atoms with Gasteiger partial charge in [-0.25, -0.2) is 9.67 Å². The number of aromatic amines is 1. The molecule has 4 aromatic rings. The predicted octanol–water partition coefficient (Wildman–Crippen LogP) is 2.67. The minimum absolute atomic E-state index is 0.00955. The molecule has 1 N–H and O–H groups in total. The van der Waals surface area contributed by atoms with Gasteiger partial charge < -0.3 is 9.88 Å². The first kappa shape index (κ1) is 15.1. The molecule has 0 aliphatic carbocycles. The van der Waals surface area contributed by atoms with Gasteiger partial charge in [0.05, 0.1) is 22.6 Å². The van der Waals surface area contributed by atoms with E-state index in [9.17, 15) is 4.79 Å². The fourth-order valence-electron chi connectivity index (χ4n) is 3.73. The molecule has 1 saturated heterocycles. The number of nitrogens with zero attached hydrogens (tertiary/aromatic N) is 5. The van der Waals surface area contributed by atoms with Crippen LogP contribution in [-0.2, 0) is 11.3 Å². The van der Waals surface area contributed by atoms with E-state index in [4.69, 9.17) is 4.98 Å². The smallest absolute Gasteiger partial charge is 0.245 e. The molecular formula is C19H18N6O. The quantitative estimate of drug-likeness (QED) is 0.618. The Hall–Kier alpha value is -3.22. The second kappa shape index (κ2) is 5.94. The first-order valence-corrected chi connectivity index (χ1v) is 8.82. The third kappa shape index (κ3) is 2.44. The van der Waals surface area contributed by atoms with Gasteiger partial charge >= 0.3 is 0 Å². The number of amides is 1. The molecule has 2 aromatic heterocycles. The van der Waals surface area contributed by atoms with Gasteiger partial charge in [-0.05, 0) is 37.1 Å². The van der Waals surface area contributed by atoms with E-state index in [1.807, 2.05) is 53.4 Å². The van der Waals surface area contributed by atoms with Crippen LogP contribution in [0.2, 0.25) is 0 Å². The molecule has 1 aliphatic heterocycles. The van der Waals surface area contributed by atoms with Gasteiger partial charge in [-0.1, -0.05) is 29.5 Å². The third-order valence-electron chi connectivity index (χ3n) is 5.00. The van der Waals surface area contributed by atoms with Gasteiger partial charge in [0.25, 0.3) is 0 Å². The monoisotopic (exact) mass is 346 g/mol. The molecule has 1 fully saturated rings. The SMILES string of the molecule is O=C(Cn1nnc2ccccc21)N1CCC[C@H]1c1nc2ccccc2[nH]1. The van der Waals surface area contributed by atoms with E-state index < -0.39 is 0 Å². The molecule has 1 amide bonds. The molecular weight excluding hydrogens is 328 g/mol. The molecule has 26 heavy (non-hydrogen) atoms. The fraction of sp³-hybridized carbons (Fsp3) is 0.263. The molecule has 130 valence electrons. The van der Waals surface area contributed by atoms with Gasteiger partial charge in [0, 0.05) is 6.54 Å². The fourth-order valence-corrected chi connectivity index (χ4v) is 3.73. The molecule has 5 rings (SSSR count). The Morgan fingerprint density at radius 2 is 1.92 bits per heavy atom. The number of carbonyl (C=O) groups is 1. The summed E-state index contributed by atoms with van der Waals surface area (Å²) in [6, 6.07) is 15.6. The summed E-state index contributed by atoms with van der Waals surface area (Å²) in [4.78, 5) is 22.9. The summed E-state index contributed by atoms with van der Waals surface area (Å²) in [7, 11) is 0. The van der Waals surface area contributed by atoms with Crippen LogP contribution in [0.1, 0.15) is 24.7 Å². The van der Waals surface area contributed by atoms with Crippen molar-refractivity contribution in [3.05, 3.63) is 54.4 Å². The van der Waals surface area contributed by atoms with Crippen LogP contribution in [-0.4, -0.2) is 42.3 Å². The maximum atomic E-state index is 13.0. The van der Waals surface area contributed by atoms with Crippen LogP contribution < -0.4 is 0 Å². The van der Waals surface area contributed by atoms with Crippen molar-refractivity contribution < 1.29 is 4.79 Å². The summed E-state index contributed by atoms with van der Waals surface area (Å²) in [5.74, 6) is 0.907. The lowest BCUT2D eigenvalue weighted by atomic mass is 10.2. The highest BCUT2D eigenvalue weighted by atomic mass is 16.2. The second-order valence-corrected chi connectivity index (χ2v) is 6.62. The Labute approximate surface area is 149 Å². The minimum atomic E-state index is -0.00955. The van der Waals surface area contributed by atoms with Crippen LogP contribution in [0, 0.1) is 0 Å². The van der Waals surface area contributed by atoms with Gasteiger partial charge in [-0.2, -0.15) is 0 Å². The average Bonchev–Trinajstić information content (AvgIpc) is 3.39. The lowest BCUT2D eigenvalue weighted by Gasteiger charge is -2.23. The Kier molecular flexibility index (Phi) is 3.44. The number of imidazole rings is 1. The average molecular weight is 346 g/mol. The molecule has 0 unspecified atom stereocenters. The number of nitrogens with one attached hydrogen (secondary N) is 1. The highest BCUT2D eigenvalue weighted by molar-refractivity contribution is 5.80. The normalized spacial score (nSPS) is 17.4. The van der Waals surface area contributed by atoms with Crippen LogP contribution in [0.15, 0.2) is 48.5 Å². The minimum Gasteiger partial charge on any atom is -0.340 e. The molecule has 1 aliphatic rings. The van der Waals surface area contributed by atoms with E-state index in [0.717, 1.165) is 47.3 Å². The number of benzene rings is 2. The Balaban J connectivity index is 1.42. The predicted molar refractivity (Wildman–Crippen MR) is 97.3 cm³/mol. The molecule has 0 spiro atoms. The van der Waals surface area contributed by atoms with E-state index in [0.29, 0.717) is 0 Å². The number of H-pyrrole nitrogens is 1. The number of para-hydroxylation sites is 3. The molecule has 0 saturated carbocycles. The van der Waals surface area contributed by atoms with Gasteiger partial charge in [-0.3, -0.25) is 4.79 Å². The summed E-state index contributed by atoms with van der Waals surface area (Å²) in [6.07, 6.45) is 1.90. The zero-order chi connectivity index (χ0) is 17.5. The highest BCUT2D eigenvalue weighted by Crippen LogP contribution is 2.31. The molecule has 3 heterocycles. The first-order valence-electron chi connectivity index (χ1n) is 8.82. The van der Waals surface area contributed by atoms with E-state index in [2.05, 4.69) is 15.3 Å². The number of rotatable bonds is 3. The highest BCUT2D eigenvalue weighted by Gasteiger charge is 2.32. The topological polar surface area (TPSA) is 79.7 Å². The third-order valence-corrected chi connectivity index (χ3v) is 5.00. The summed E-state index contributed by atoms with van der Waals surface area (Å²) < 4.78 is 1.67. The number of fused-ring (bicyclic) bond motifs is 2. The van der Waals surface area contributed by atoms with Crippen molar-refractivity contribution >= 4 is 28.0 Å². The van der Waals surface area contributed by atoms with Gasteiger partial charge in [0.1, 0.15) is 17.9 Å². The Morgan fingerprint density at radius 3 is 2.81 bits per heavy atom. The van der Waals surface area contributed by atoms with Gasteiger partial charge in [0.15, 0.2) is 0 Å². The first-order chi connectivity index (χ1) is 12.8. The van der Waals surface area contributed by atoms with E-state index >= 15 is 0 Å². The van der Waals surface area contributed by atoms with E-state index in [-0.39, 0.29) is 18.5 Å². The number of hydrogen-bond acceptors (Lipinski definition) is 4. The van der Waals surface area contributed by atoms with Crippen molar-refractivity contribution in [1.82, 2.24) is 29.9 Å². The summed E-state index contributed by atoms with van der Waals surface area (Å²) in [5.41, 5.74) is 3.61. The summed E-state index contributed by atoms with van der Waals surface area (Å²) in [6.45, 7) is 0.935. The number of carbonyl (C=O) groups excluding carboxylic acids is 1. The van der Waals surface area contributed by atoms with Crippen LogP contribution in [0.3, 0.4) is 0 Å². The van der Waals surface area contributed by atoms with Crippen molar-refractivity contribution in [2.45, 2.75) is 25.4 Å². The standard InChI is InChI=1S/C19H18N6O/c26-18(12-25-16-9-4-3-8-15(16)22-23-25)24-11-5-10-17(24)19-20-13-6-1-2-7-14(13)21-19/h1-4,6-9,17H,5,10-12H2,(H,20,21)/t17-/m0/s1. The second-order valence-electron chi connectivity index (χ2n) is 6.62. The molecule has 7 heteroatoms. The number of hydrogen-bond donors (Lipinski definition) is 1. The van der Waals surface area contributed by atoms with Crippen LogP contribution >= 0.6 is 0 Å². The molecule has 2 aromatic carbocycles. The zero-order valence-electron chi connectivity index (χ0n) is 14.2.